The maximum atomic E-state index is 6.24. The molecule has 24 heavy (non-hydrogen) atoms. The third-order valence-electron chi connectivity index (χ3n) is 4.53. The summed E-state index contributed by atoms with van der Waals surface area (Å²) in [6.45, 7) is 3.07. The maximum Gasteiger partial charge on any atom is 0.0772 e. The first-order chi connectivity index (χ1) is 11.8. The van der Waals surface area contributed by atoms with E-state index in [4.69, 9.17) is 21.1 Å². The average Bonchev–Trinajstić information content (AvgIpc) is 2.62. The molecule has 3 rings (SSSR count). The minimum absolute atomic E-state index is 0.146. The van der Waals surface area contributed by atoms with Gasteiger partial charge < -0.3 is 14.8 Å². The van der Waals surface area contributed by atoms with Crippen LogP contribution in [-0.2, 0) is 22.7 Å². The highest BCUT2D eigenvalue weighted by atomic mass is 35.5. The van der Waals surface area contributed by atoms with Gasteiger partial charge in [0.25, 0.3) is 0 Å². The summed E-state index contributed by atoms with van der Waals surface area (Å²) in [5, 5.41) is 4.21. The smallest absolute Gasteiger partial charge is 0.0772 e. The van der Waals surface area contributed by atoms with Crippen LogP contribution in [0.2, 0.25) is 5.02 Å². The van der Waals surface area contributed by atoms with Gasteiger partial charge in [0.05, 0.1) is 19.3 Å². The molecule has 128 valence electrons. The van der Waals surface area contributed by atoms with Gasteiger partial charge in [0, 0.05) is 24.6 Å². The van der Waals surface area contributed by atoms with E-state index in [1.165, 1.54) is 11.1 Å². The van der Waals surface area contributed by atoms with Gasteiger partial charge in [-0.2, -0.15) is 0 Å². The minimum Gasteiger partial charge on any atom is -0.380 e. The highest BCUT2D eigenvalue weighted by molar-refractivity contribution is 6.31. The van der Waals surface area contributed by atoms with Crippen molar-refractivity contribution in [3.05, 3.63) is 70.2 Å². The molecular weight excluding hydrogens is 322 g/mol. The summed E-state index contributed by atoms with van der Waals surface area (Å²) in [7, 11) is 1.73. The van der Waals surface area contributed by atoms with E-state index in [9.17, 15) is 0 Å². The fourth-order valence-corrected chi connectivity index (χ4v) is 3.47. The van der Waals surface area contributed by atoms with E-state index < -0.39 is 0 Å². The van der Waals surface area contributed by atoms with Gasteiger partial charge in [-0.05, 0) is 35.7 Å². The van der Waals surface area contributed by atoms with Crippen molar-refractivity contribution in [3.63, 3.8) is 0 Å². The highest BCUT2D eigenvalue weighted by Crippen LogP contribution is 2.29. The summed E-state index contributed by atoms with van der Waals surface area (Å²) in [6, 6.07) is 16.5. The van der Waals surface area contributed by atoms with E-state index in [0.717, 1.165) is 30.1 Å². The van der Waals surface area contributed by atoms with Crippen LogP contribution in [0.5, 0.6) is 0 Å². The molecule has 0 saturated carbocycles. The van der Waals surface area contributed by atoms with E-state index in [-0.39, 0.29) is 6.10 Å². The SMILES string of the molecule is COCc1cccc(C2CCNCC2OCc2ccccc2Cl)c1. The zero-order valence-corrected chi connectivity index (χ0v) is 14.8. The second kappa shape index (κ2) is 8.63. The lowest BCUT2D eigenvalue weighted by molar-refractivity contribution is 0.0106. The lowest BCUT2D eigenvalue weighted by Crippen LogP contribution is -2.41. The van der Waals surface area contributed by atoms with E-state index >= 15 is 0 Å². The molecule has 1 saturated heterocycles. The van der Waals surface area contributed by atoms with Crippen molar-refractivity contribution in [1.29, 1.82) is 0 Å². The van der Waals surface area contributed by atoms with Crippen LogP contribution in [0.25, 0.3) is 0 Å². The first kappa shape index (κ1) is 17.4. The molecule has 2 aromatic rings. The van der Waals surface area contributed by atoms with Gasteiger partial charge >= 0.3 is 0 Å². The Morgan fingerprint density at radius 3 is 2.83 bits per heavy atom. The molecule has 0 spiro atoms. The molecule has 0 amide bonds. The number of hydrogen-bond donors (Lipinski definition) is 1. The molecule has 1 aliphatic heterocycles. The van der Waals surface area contributed by atoms with Crippen molar-refractivity contribution in [2.45, 2.75) is 31.7 Å². The largest absolute Gasteiger partial charge is 0.380 e. The Bertz CT molecular complexity index is 662. The summed E-state index contributed by atoms with van der Waals surface area (Å²) >= 11 is 6.24. The van der Waals surface area contributed by atoms with Gasteiger partial charge in [-0.3, -0.25) is 0 Å². The lowest BCUT2D eigenvalue weighted by atomic mass is 9.87. The number of halogens is 1. The van der Waals surface area contributed by atoms with E-state index in [0.29, 0.717) is 19.1 Å². The summed E-state index contributed by atoms with van der Waals surface area (Å²) in [6.07, 6.45) is 1.22. The molecule has 0 radical (unpaired) electrons. The monoisotopic (exact) mass is 345 g/mol. The van der Waals surface area contributed by atoms with E-state index in [1.54, 1.807) is 7.11 Å². The van der Waals surface area contributed by atoms with Crippen LogP contribution in [0, 0.1) is 0 Å². The summed E-state index contributed by atoms with van der Waals surface area (Å²) in [5.41, 5.74) is 3.57. The molecule has 3 nitrogen and oxygen atoms in total. The van der Waals surface area contributed by atoms with Crippen molar-refractivity contribution >= 4 is 11.6 Å². The Kier molecular flexibility index (Phi) is 6.27. The van der Waals surface area contributed by atoms with Gasteiger partial charge in [0.1, 0.15) is 0 Å². The first-order valence-corrected chi connectivity index (χ1v) is 8.79. The van der Waals surface area contributed by atoms with Gasteiger partial charge in [-0.15, -0.1) is 0 Å². The van der Waals surface area contributed by atoms with E-state index in [2.05, 4.69) is 29.6 Å². The molecule has 2 unspecified atom stereocenters. The molecule has 1 heterocycles. The topological polar surface area (TPSA) is 30.5 Å². The number of ether oxygens (including phenoxy) is 2. The second-order valence-corrected chi connectivity index (χ2v) is 6.63. The van der Waals surface area contributed by atoms with Crippen molar-refractivity contribution in [2.75, 3.05) is 20.2 Å². The third kappa shape index (κ3) is 4.37. The zero-order chi connectivity index (χ0) is 16.8. The first-order valence-electron chi connectivity index (χ1n) is 8.41. The molecule has 1 N–H and O–H groups in total. The van der Waals surface area contributed by atoms with Gasteiger partial charge in [0.2, 0.25) is 0 Å². The molecule has 1 aliphatic rings. The lowest BCUT2D eigenvalue weighted by Gasteiger charge is -2.33. The minimum atomic E-state index is 0.146. The quantitative estimate of drug-likeness (QED) is 0.853. The number of rotatable bonds is 6. The Labute approximate surface area is 148 Å². The summed E-state index contributed by atoms with van der Waals surface area (Å²) < 4.78 is 11.5. The van der Waals surface area contributed by atoms with Crippen LogP contribution in [0.3, 0.4) is 0 Å². The standard InChI is InChI=1S/C20H24ClNO2/c1-23-13-15-5-4-7-16(11-15)18-9-10-22-12-20(18)24-14-17-6-2-3-8-19(17)21/h2-8,11,18,20,22H,9-10,12-14H2,1H3. The van der Waals surface area contributed by atoms with Crippen LogP contribution in [0.4, 0.5) is 0 Å². The van der Waals surface area contributed by atoms with Crippen molar-refractivity contribution < 1.29 is 9.47 Å². The number of piperidine rings is 1. The van der Waals surface area contributed by atoms with Gasteiger partial charge in [0.15, 0.2) is 0 Å². The molecule has 0 aliphatic carbocycles. The Morgan fingerprint density at radius 1 is 1.12 bits per heavy atom. The maximum absolute atomic E-state index is 6.24. The number of hydrogen-bond acceptors (Lipinski definition) is 3. The summed E-state index contributed by atoms with van der Waals surface area (Å²) in [5.74, 6) is 0.394. The Morgan fingerprint density at radius 2 is 2.00 bits per heavy atom. The van der Waals surface area contributed by atoms with Gasteiger partial charge in [-0.1, -0.05) is 54.1 Å². The molecular formula is C20H24ClNO2. The van der Waals surface area contributed by atoms with Crippen LogP contribution in [0.15, 0.2) is 48.5 Å². The molecule has 4 heteroatoms. The van der Waals surface area contributed by atoms with Crippen LogP contribution in [0.1, 0.15) is 29.0 Å². The summed E-state index contributed by atoms with van der Waals surface area (Å²) in [4.78, 5) is 0. The van der Waals surface area contributed by atoms with Crippen molar-refractivity contribution in [1.82, 2.24) is 5.32 Å². The van der Waals surface area contributed by atoms with E-state index in [1.807, 2.05) is 24.3 Å². The average molecular weight is 346 g/mol. The third-order valence-corrected chi connectivity index (χ3v) is 4.90. The Hall–Kier alpha value is -1.39. The zero-order valence-electron chi connectivity index (χ0n) is 14.0. The van der Waals surface area contributed by atoms with Crippen molar-refractivity contribution in [3.8, 4) is 0 Å². The fourth-order valence-electron chi connectivity index (χ4n) is 3.28. The number of methoxy groups -OCH3 is 1. The van der Waals surface area contributed by atoms with Crippen LogP contribution in [-0.4, -0.2) is 26.3 Å². The second-order valence-electron chi connectivity index (χ2n) is 6.22. The number of nitrogens with one attached hydrogen (secondary N) is 1. The highest BCUT2D eigenvalue weighted by Gasteiger charge is 2.27. The molecule has 2 aromatic carbocycles. The fraction of sp³-hybridized carbons (Fsp3) is 0.400. The number of benzene rings is 2. The molecule has 1 fully saturated rings. The molecule has 0 aromatic heterocycles. The predicted octanol–water partition coefficient (Wildman–Crippen LogP) is 4.15. The Balaban J connectivity index is 1.71. The van der Waals surface area contributed by atoms with Crippen molar-refractivity contribution in [2.24, 2.45) is 0 Å². The van der Waals surface area contributed by atoms with Gasteiger partial charge in [-0.25, -0.2) is 0 Å². The molecule has 0 bridgehead atoms. The predicted molar refractivity (Wildman–Crippen MR) is 97.4 cm³/mol. The van der Waals surface area contributed by atoms with Crippen LogP contribution >= 0.6 is 11.6 Å². The van der Waals surface area contributed by atoms with Crippen LogP contribution < -0.4 is 5.32 Å². The molecule has 2 atom stereocenters. The normalized spacial score (nSPS) is 20.9.